The molecule has 1 aliphatic heterocycles. The first-order chi connectivity index (χ1) is 14.4. The van der Waals surface area contributed by atoms with Gasteiger partial charge in [-0.25, -0.2) is 14.6 Å². The van der Waals surface area contributed by atoms with E-state index in [-0.39, 0.29) is 12.1 Å². The van der Waals surface area contributed by atoms with E-state index in [1.54, 1.807) is 24.3 Å². The Balaban J connectivity index is 1.70. The highest BCUT2D eigenvalue weighted by Crippen LogP contribution is 2.38. The number of carbonyl (C=O) groups is 3. The maximum absolute atomic E-state index is 12.5. The van der Waals surface area contributed by atoms with Gasteiger partial charge < -0.3 is 18.9 Å². The zero-order valence-electron chi connectivity index (χ0n) is 16.5. The lowest BCUT2D eigenvalue weighted by Gasteiger charge is -2.13. The van der Waals surface area contributed by atoms with Crippen LogP contribution in [0.25, 0.3) is 0 Å². The third-order valence-electron chi connectivity index (χ3n) is 4.11. The summed E-state index contributed by atoms with van der Waals surface area (Å²) in [7, 11) is 4.37. The van der Waals surface area contributed by atoms with E-state index < -0.39 is 17.9 Å². The Bertz CT molecular complexity index is 977. The number of nitrogens with zero attached hydrogens (tertiary/aromatic N) is 2. The van der Waals surface area contributed by atoms with Crippen molar-refractivity contribution in [1.29, 1.82) is 0 Å². The number of imide groups is 1. The molecule has 1 fully saturated rings. The van der Waals surface area contributed by atoms with E-state index in [9.17, 15) is 14.4 Å². The molecular weight excluding hydrogens is 394 g/mol. The molecule has 0 bridgehead atoms. The number of urea groups is 1. The van der Waals surface area contributed by atoms with Gasteiger partial charge in [-0.3, -0.25) is 10.1 Å². The van der Waals surface area contributed by atoms with Crippen LogP contribution >= 0.6 is 0 Å². The number of amides is 3. The Morgan fingerprint density at radius 2 is 1.67 bits per heavy atom. The van der Waals surface area contributed by atoms with Crippen molar-refractivity contribution >= 4 is 24.1 Å². The van der Waals surface area contributed by atoms with Crippen molar-refractivity contribution in [3.8, 4) is 23.0 Å². The quantitative estimate of drug-likeness (QED) is 0.319. The minimum atomic E-state index is -0.608. The van der Waals surface area contributed by atoms with Gasteiger partial charge >= 0.3 is 12.0 Å². The van der Waals surface area contributed by atoms with Gasteiger partial charge in [-0.05, 0) is 42.0 Å². The minimum absolute atomic E-state index is 0.125. The summed E-state index contributed by atoms with van der Waals surface area (Å²) in [5, 5.41) is 7.08. The van der Waals surface area contributed by atoms with Crippen molar-refractivity contribution in [2.24, 2.45) is 5.10 Å². The lowest BCUT2D eigenvalue weighted by molar-refractivity contribution is -0.118. The summed E-state index contributed by atoms with van der Waals surface area (Å²) in [6.07, 6.45) is 1.42. The molecule has 0 atom stereocenters. The summed E-state index contributed by atoms with van der Waals surface area (Å²) in [6, 6.07) is 8.86. The number of benzene rings is 2. The first-order valence-corrected chi connectivity index (χ1v) is 8.72. The van der Waals surface area contributed by atoms with Crippen LogP contribution in [0.4, 0.5) is 4.79 Å². The highest BCUT2D eigenvalue weighted by atomic mass is 16.5. The number of esters is 1. The molecule has 0 aromatic heterocycles. The van der Waals surface area contributed by atoms with E-state index in [0.717, 1.165) is 5.01 Å². The molecule has 1 N–H and O–H groups in total. The second-order valence-corrected chi connectivity index (χ2v) is 6.03. The standard InChI is InChI=1S/C20H19N3O7/c1-27-15-8-13(9-16(28-2)18(15)29-3)19(25)30-14-6-4-12(5-7-14)10-21-23-11-17(24)22-20(23)26/h4-10H,11H2,1-3H3,(H,22,24,26)/b21-10-. The van der Waals surface area contributed by atoms with E-state index in [1.165, 1.54) is 39.7 Å². The van der Waals surface area contributed by atoms with Gasteiger partial charge in [-0.15, -0.1) is 0 Å². The minimum Gasteiger partial charge on any atom is -0.493 e. The van der Waals surface area contributed by atoms with Gasteiger partial charge in [0, 0.05) is 0 Å². The van der Waals surface area contributed by atoms with Crippen LogP contribution in [-0.4, -0.2) is 57.0 Å². The molecule has 0 radical (unpaired) electrons. The van der Waals surface area contributed by atoms with Crippen LogP contribution < -0.4 is 24.3 Å². The first kappa shape index (κ1) is 20.6. The predicted molar refractivity (Wildman–Crippen MR) is 105 cm³/mol. The average molecular weight is 413 g/mol. The fourth-order valence-corrected chi connectivity index (χ4v) is 2.65. The van der Waals surface area contributed by atoms with Crippen LogP contribution in [0.15, 0.2) is 41.5 Å². The van der Waals surface area contributed by atoms with Crippen molar-refractivity contribution in [1.82, 2.24) is 10.3 Å². The molecule has 3 rings (SSSR count). The second-order valence-electron chi connectivity index (χ2n) is 6.03. The van der Waals surface area contributed by atoms with Crippen LogP contribution in [-0.2, 0) is 4.79 Å². The number of nitrogens with one attached hydrogen (secondary N) is 1. The van der Waals surface area contributed by atoms with Crippen molar-refractivity contribution in [3.63, 3.8) is 0 Å². The van der Waals surface area contributed by atoms with E-state index in [2.05, 4.69) is 10.4 Å². The van der Waals surface area contributed by atoms with Crippen molar-refractivity contribution in [2.45, 2.75) is 0 Å². The summed E-state index contributed by atoms with van der Waals surface area (Å²) in [5.41, 5.74) is 0.870. The molecule has 0 saturated carbocycles. The van der Waals surface area contributed by atoms with Crippen LogP contribution in [0.2, 0.25) is 0 Å². The highest BCUT2D eigenvalue weighted by molar-refractivity contribution is 6.02. The van der Waals surface area contributed by atoms with Gasteiger partial charge in [0.15, 0.2) is 11.5 Å². The molecule has 156 valence electrons. The Labute approximate surface area is 172 Å². The third-order valence-corrected chi connectivity index (χ3v) is 4.11. The van der Waals surface area contributed by atoms with E-state index in [0.29, 0.717) is 28.6 Å². The number of carbonyl (C=O) groups excluding carboxylic acids is 3. The lowest BCUT2D eigenvalue weighted by Crippen LogP contribution is -2.24. The van der Waals surface area contributed by atoms with E-state index in [1.807, 2.05) is 0 Å². The molecule has 2 aromatic rings. The van der Waals surface area contributed by atoms with E-state index >= 15 is 0 Å². The third kappa shape index (κ3) is 4.49. The average Bonchev–Trinajstić information content (AvgIpc) is 3.08. The number of hydrogen-bond donors (Lipinski definition) is 1. The van der Waals surface area contributed by atoms with Crippen LogP contribution in [0.3, 0.4) is 0 Å². The Morgan fingerprint density at radius 3 is 2.17 bits per heavy atom. The number of ether oxygens (including phenoxy) is 4. The van der Waals surface area contributed by atoms with Gasteiger partial charge in [0.05, 0.1) is 33.1 Å². The largest absolute Gasteiger partial charge is 0.493 e. The maximum atomic E-state index is 12.5. The molecule has 1 aliphatic rings. The first-order valence-electron chi connectivity index (χ1n) is 8.72. The van der Waals surface area contributed by atoms with Crippen molar-refractivity contribution < 1.29 is 33.3 Å². The zero-order chi connectivity index (χ0) is 21.7. The molecule has 1 heterocycles. The smallest absolute Gasteiger partial charge is 0.344 e. The molecule has 10 heteroatoms. The molecule has 1 saturated heterocycles. The lowest BCUT2D eigenvalue weighted by atomic mass is 10.2. The number of hydrogen-bond acceptors (Lipinski definition) is 8. The summed E-state index contributed by atoms with van der Waals surface area (Å²) < 4.78 is 21.1. The predicted octanol–water partition coefficient (Wildman–Crippen LogP) is 1.82. The summed E-state index contributed by atoms with van der Waals surface area (Å²) in [6.45, 7) is -0.125. The maximum Gasteiger partial charge on any atom is 0.344 e. The molecule has 10 nitrogen and oxygen atoms in total. The topological polar surface area (TPSA) is 116 Å². The Hall–Kier alpha value is -4.08. The van der Waals surface area contributed by atoms with Crippen molar-refractivity contribution in [2.75, 3.05) is 27.9 Å². The van der Waals surface area contributed by atoms with Crippen molar-refractivity contribution in [3.05, 3.63) is 47.5 Å². The number of rotatable bonds is 7. The van der Waals surface area contributed by atoms with E-state index in [4.69, 9.17) is 18.9 Å². The van der Waals surface area contributed by atoms with Gasteiger partial charge in [0.25, 0.3) is 0 Å². The Kier molecular flexibility index (Phi) is 6.16. The van der Waals surface area contributed by atoms with Crippen LogP contribution in [0.5, 0.6) is 23.0 Å². The molecule has 0 unspecified atom stereocenters. The SMILES string of the molecule is COc1cc(C(=O)Oc2ccc(/C=N\N3CC(=O)NC3=O)cc2)cc(OC)c1OC. The number of hydrazone groups is 1. The van der Waals surface area contributed by atoms with Gasteiger partial charge in [-0.1, -0.05) is 0 Å². The highest BCUT2D eigenvalue weighted by Gasteiger charge is 2.25. The van der Waals surface area contributed by atoms with Gasteiger partial charge in [-0.2, -0.15) is 5.10 Å². The fraction of sp³-hybridized carbons (Fsp3) is 0.200. The molecular formula is C20H19N3O7. The second kappa shape index (κ2) is 8.95. The molecule has 30 heavy (non-hydrogen) atoms. The Morgan fingerprint density at radius 1 is 1.03 bits per heavy atom. The molecule has 2 aromatic carbocycles. The molecule has 0 spiro atoms. The summed E-state index contributed by atoms with van der Waals surface area (Å²) in [4.78, 5) is 35.1. The fourth-order valence-electron chi connectivity index (χ4n) is 2.65. The number of methoxy groups -OCH3 is 3. The zero-order valence-corrected chi connectivity index (χ0v) is 16.5. The summed E-state index contributed by atoms with van der Waals surface area (Å²) in [5.74, 6) is 0.322. The normalized spacial score (nSPS) is 13.4. The van der Waals surface area contributed by atoms with Crippen LogP contribution in [0.1, 0.15) is 15.9 Å². The molecule has 0 aliphatic carbocycles. The van der Waals surface area contributed by atoms with Crippen LogP contribution in [0, 0.1) is 0 Å². The summed E-state index contributed by atoms with van der Waals surface area (Å²) >= 11 is 0. The monoisotopic (exact) mass is 413 g/mol. The molecule has 3 amide bonds. The van der Waals surface area contributed by atoms with Gasteiger partial charge in [0.2, 0.25) is 11.7 Å². The van der Waals surface area contributed by atoms with Gasteiger partial charge in [0.1, 0.15) is 12.3 Å².